The molecule has 0 spiro atoms. The molecule has 128 valence electrons. The molecule has 2 bridgehead atoms. The maximum atomic E-state index is 13.2. The number of carbonyl (C=O) groups is 1. The number of carboxylic acid groups (broad SMARTS) is 1. The summed E-state index contributed by atoms with van der Waals surface area (Å²) in [5.41, 5.74) is 0.709. The Bertz CT molecular complexity index is 1050. The highest BCUT2D eigenvalue weighted by molar-refractivity contribution is 5.93. The number of alkyl halides is 3. The van der Waals surface area contributed by atoms with Crippen LogP contribution in [-0.2, 0) is 5.41 Å². The Labute approximate surface area is 139 Å². The minimum absolute atomic E-state index is 0.0709. The number of halogens is 3. The van der Waals surface area contributed by atoms with Crippen LogP contribution in [0, 0.1) is 5.41 Å². The fourth-order valence-corrected chi connectivity index (χ4v) is 4.64. The number of fused-ring (bicyclic) bond motifs is 3. The first-order chi connectivity index (χ1) is 11.7. The number of hydrogen-bond donors (Lipinski definition) is 1. The first kappa shape index (κ1) is 14.7. The molecule has 3 aromatic rings. The van der Waals surface area contributed by atoms with Gasteiger partial charge in [-0.1, -0.05) is 0 Å². The van der Waals surface area contributed by atoms with E-state index >= 15 is 0 Å². The molecule has 3 aliphatic rings. The van der Waals surface area contributed by atoms with Crippen molar-refractivity contribution in [2.24, 2.45) is 5.41 Å². The Hall–Kier alpha value is -2.57. The van der Waals surface area contributed by atoms with Crippen molar-refractivity contribution in [3.63, 3.8) is 0 Å². The molecule has 0 amide bonds. The predicted molar refractivity (Wildman–Crippen MR) is 83.7 cm³/mol. The minimum Gasteiger partial charge on any atom is -0.478 e. The topological polar surface area (TPSA) is 54.6 Å². The maximum absolute atomic E-state index is 13.2. The molecule has 0 radical (unpaired) electrons. The molecule has 0 saturated heterocycles. The molecule has 25 heavy (non-hydrogen) atoms. The summed E-state index contributed by atoms with van der Waals surface area (Å²) in [4.78, 5) is 15.8. The maximum Gasteiger partial charge on any atom is 0.394 e. The smallest absolute Gasteiger partial charge is 0.394 e. The third-order valence-electron chi connectivity index (χ3n) is 5.84. The molecular formula is C18H13F3N2O2. The standard InChI is InChI=1S/C18H13F3N2O2/c19-18(20,21)17-7-16(8-17,9-17)14-13-2-1-5-23(13)12-4-3-10(15(24)25)6-11(12)22-14/h1-6H,7-9H2,(H,24,25). The van der Waals surface area contributed by atoms with Gasteiger partial charge >= 0.3 is 12.1 Å². The van der Waals surface area contributed by atoms with Crippen molar-refractivity contribution >= 4 is 22.5 Å². The lowest BCUT2D eigenvalue weighted by Crippen LogP contribution is -2.70. The third kappa shape index (κ3) is 1.68. The van der Waals surface area contributed by atoms with Gasteiger partial charge in [-0.15, -0.1) is 0 Å². The second kappa shape index (κ2) is 4.15. The quantitative estimate of drug-likeness (QED) is 0.758. The monoisotopic (exact) mass is 346 g/mol. The van der Waals surface area contributed by atoms with Gasteiger partial charge in [0, 0.05) is 11.6 Å². The van der Waals surface area contributed by atoms with Gasteiger partial charge in [0.25, 0.3) is 0 Å². The van der Waals surface area contributed by atoms with E-state index in [0.29, 0.717) is 11.2 Å². The number of hydrogen-bond acceptors (Lipinski definition) is 2. The second-order valence-electron chi connectivity index (χ2n) is 7.32. The van der Waals surface area contributed by atoms with Gasteiger partial charge in [0.2, 0.25) is 0 Å². The van der Waals surface area contributed by atoms with E-state index < -0.39 is 23.0 Å². The number of carboxylic acids is 1. The average molecular weight is 346 g/mol. The SMILES string of the molecule is O=C(O)c1ccc2c(c1)nc(C13CC(C(F)(F)F)(C1)C3)c1cccn12. The normalized spacial score (nSPS) is 28.0. The molecule has 0 atom stereocenters. The Balaban J connectivity index is 1.68. The van der Waals surface area contributed by atoms with Crippen molar-refractivity contribution in [1.82, 2.24) is 9.38 Å². The van der Waals surface area contributed by atoms with E-state index in [1.54, 1.807) is 6.07 Å². The van der Waals surface area contributed by atoms with Crippen LogP contribution in [0.25, 0.3) is 16.6 Å². The summed E-state index contributed by atoms with van der Waals surface area (Å²) in [6.45, 7) is 0. The van der Waals surface area contributed by atoms with Crippen LogP contribution in [0.5, 0.6) is 0 Å². The van der Waals surface area contributed by atoms with Crippen LogP contribution < -0.4 is 0 Å². The molecule has 2 heterocycles. The van der Waals surface area contributed by atoms with Crippen molar-refractivity contribution < 1.29 is 23.1 Å². The number of rotatable bonds is 2. The molecule has 4 nitrogen and oxygen atoms in total. The van der Waals surface area contributed by atoms with Crippen molar-refractivity contribution in [3.05, 3.63) is 47.8 Å². The average Bonchev–Trinajstić information content (AvgIpc) is 2.91. The predicted octanol–water partition coefficient (Wildman–Crippen LogP) is 4.17. The zero-order valence-corrected chi connectivity index (χ0v) is 13.0. The van der Waals surface area contributed by atoms with E-state index in [2.05, 4.69) is 4.98 Å². The number of aromatic nitrogens is 2. The summed E-state index contributed by atoms with van der Waals surface area (Å²) in [7, 11) is 0. The van der Waals surface area contributed by atoms with Crippen molar-refractivity contribution in [1.29, 1.82) is 0 Å². The van der Waals surface area contributed by atoms with Gasteiger partial charge in [0.05, 0.1) is 33.2 Å². The molecule has 6 rings (SSSR count). The number of aromatic carboxylic acids is 1. The molecule has 1 aromatic carbocycles. The Morgan fingerprint density at radius 1 is 1.16 bits per heavy atom. The van der Waals surface area contributed by atoms with Crippen molar-refractivity contribution in [2.75, 3.05) is 0 Å². The molecule has 3 fully saturated rings. The lowest BCUT2D eigenvalue weighted by atomic mass is 9.34. The molecule has 1 N–H and O–H groups in total. The molecule has 0 aliphatic heterocycles. The highest BCUT2D eigenvalue weighted by Crippen LogP contribution is 2.78. The molecule has 3 saturated carbocycles. The van der Waals surface area contributed by atoms with E-state index in [9.17, 15) is 23.1 Å². The van der Waals surface area contributed by atoms with E-state index in [1.165, 1.54) is 12.1 Å². The highest BCUT2D eigenvalue weighted by atomic mass is 19.4. The van der Waals surface area contributed by atoms with Crippen LogP contribution in [0.15, 0.2) is 36.5 Å². The Kier molecular flexibility index (Phi) is 2.45. The zero-order valence-electron chi connectivity index (χ0n) is 13.0. The number of benzene rings is 1. The number of nitrogens with zero attached hydrogens (tertiary/aromatic N) is 2. The van der Waals surface area contributed by atoms with E-state index in [1.807, 2.05) is 22.7 Å². The molecule has 0 unspecified atom stereocenters. The van der Waals surface area contributed by atoms with E-state index in [0.717, 1.165) is 11.0 Å². The lowest BCUT2D eigenvalue weighted by molar-refractivity contribution is -0.337. The summed E-state index contributed by atoms with van der Waals surface area (Å²) in [6, 6.07) is 8.35. The van der Waals surface area contributed by atoms with Crippen LogP contribution in [0.2, 0.25) is 0 Å². The van der Waals surface area contributed by atoms with Gasteiger partial charge in [-0.3, -0.25) is 0 Å². The Morgan fingerprint density at radius 3 is 2.52 bits per heavy atom. The van der Waals surface area contributed by atoms with Gasteiger partial charge < -0.3 is 9.51 Å². The third-order valence-corrected chi connectivity index (χ3v) is 5.84. The second-order valence-corrected chi connectivity index (χ2v) is 7.32. The van der Waals surface area contributed by atoms with Gasteiger partial charge in [0.1, 0.15) is 0 Å². The van der Waals surface area contributed by atoms with Crippen molar-refractivity contribution in [2.45, 2.75) is 30.9 Å². The molecule has 7 heteroatoms. The van der Waals surface area contributed by atoms with Crippen LogP contribution in [0.3, 0.4) is 0 Å². The lowest BCUT2D eigenvalue weighted by Gasteiger charge is -2.70. The zero-order chi connectivity index (χ0) is 17.6. The van der Waals surface area contributed by atoms with Gasteiger partial charge in [-0.2, -0.15) is 13.2 Å². The van der Waals surface area contributed by atoms with Gasteiger partial charge in [-0.05, 0) is 49.6 Å². The van der Waals surface area contributed by atoms with Gasteiger partial charge in [-0.25, -0.2) is 9.78 Å². The fourth-order valence-electron chi connectivity index (χ4n) is 4.64. The molecule has 3 aliphatic carbocycles. The minimum atomic E-state index is -4.17. The molecular weight excluding hydrogens is 333 g/mol. The summed E-state index contributed by atoms with van der Waals surface area (Å²) in [5, 5.41) is 9.18. The van der Waals surface area contributed by atoms with Gasteiger partial charge in [0.15, 0.2) is 0 Å². The highest BCUT2D eigenvalue weighted by Gasteiger charge is 2.79. The summed E-state index contributed by atoms with van der Waals surface area (Å²) < 4.78 is 41.4. The largest absolute Gasteiger partial charge is 0.478 e. The Morgan fingerprint density at radius 2 is 1.88 bits per heavy atom. The van der Waals surface area contributed by atoms with Crippen LogP contribution in [0.1, 0.15) is 35.3 Å². The van der Waals surface area contributed by atoms with Crippen LogP contribution in [-0.4, -0.2) is 26.6 Å². The van der Waals surface area contributed by atoms with Crippen LogP contribution in [0.4, 0.5) is 13.2 Å². The summed E-state index contributed by atoms with van der Waals surface area (Å²) >= 11 is 0. The summed E-state index contributed by atoms with van der Waals surface area (Å²) in [6.07, 6.45) is -2.13. The summed E-state index contributed by atoms with van der Waals surface area (Å²) in [5.74, 6) is -1.06. The molecule has 2 aromatic heterocycles. The van der Waals surface area contributed by atoms with E-state index in [-0.39, 0.29) is 24.8 Å². The fraction of sp³-hybridized carbons (Fsp3) is 0.333. The van der Waals surface area contributed by atoms with Crippen LogP contribution >= 0.6 is 0 Å². The first-order valence-corrected chi connectivity index (χ1v) is 7.96. The van der Waals surface area contributed by atoms with Crippen molar-refractivity contribution in [3.8, 4) is 0 Å². The van der Waals surface area contributed by atoms with E-state index in [4.69, 9.17) is 0 Å². The first-order valence-electron chi connectivity index (χ1n) is 7.96.